The van der Waals surface area contributed by atoms with Crippen molar-refractivity contribution in [3.63, 3.8) is 0 Å². The molecule has 3 rings (SSSR count). The summed E-state index contributed by atoms with van der Waals surface area (Å²) in [6.07, 6.45) is 2.55. The fourth-order valence-electron chi connectivity index (χ4n) is 2.13. The molecule has 1 aliphatic rings. The number of halogens is 2. The lowest BCUT2D eigenvalue weighted by atomic mass is 10.2. The van der Waals surface area contributed by atoms with Gasteiger partial charge in [0.2, 0.25) is 0 Å². The number of hydrogen-bond acceptors (Lipinski definition) is 2. The predicted octanol–water partition coefficient (Wildman–Crippen LogP) is 5.46. The number of hydrogen-bond donors (Lipinski definition) is 1. The highest BCUT2D eigenvalue weighted by Crippen LogP contribution is 2.32. The Morgan fingerprint density at radius 1 is 1.19 bits per heavy atom. The van der Waals surface area contributed by atoms with Crippen molar-refractivity contribution < 1.29 is 4.74 Å². The summed E-state index contributed by atoms with van der Waals surface area (Å²) in [5, 5.41) is 4.21. The van der Waals surface area contributed by atoms with E-state index in [0.717, 1.165) is 33.6 Å². The maximum atomic E-state index is 6.08. The summed E-state index contributed by atoms with van der Waals surface area (Å²) in [5.41, 5.74) is 2.22. The molecular weight excluding hydrogens is 350 g/mol. The molecule has 2 nitrogen and oxygen atoms in total. The quantitative estimate of drug-likeness (QED) is 0.759. The largest absolute Gasteiger partial charge is 0.457 e. The summed E-state index contributed by atoms with van der Waals surface area (Å²) < 4.78 is 7.14. The lowest BCUT2D eigenvalue weighted by Gasteiger charge is -2.14. The Bertz CT molecular complexity index is 655. The van der Waals surface area contributed by atoms with Crippen molar-refractivity contribution in [2.45, 2.75) is 32.4 Å². The minimum absolute atomic E-state index is 0.671. The number of nitrogens with one attached hydrogen (secondary N) is 1. The van der Waals surface area contributed by atoms with Crippen LogP contribution in [0, 0.1) is 6.92 Å². The minimum atomic E-state index is 0.671. The van der Waals surface area contributed by atoms with Crippen molar-refractivity contribution in [1.29, 1.82) is 0 Å². The van der Waals surface area contributed by atoms with Crippen molar-refractivity contribution in [2.24, 2.45) is 0 Å². The van der Waals surface area contributed by atoms with Crippen molar-refractivity contribution in [2.75, 3.05) is 0 Å². The second-order valence-corrected chi connectivity index (χ2v) is 6.77. The average molecular weight is 367 g/mol. The van der Waals surface area contributed by atoms with Crippen LogP contribution in [0.5, 0.6) is 11.5 Å². The second kappa shape index (κ2) is 6.39. The van der Waals surface area contributed by atoms with Gasteiger partial charge in [0.05, 0.1) is 0 Å². The van der Waals surface area contributed by atoms with E-state index < -0.39 is 0 Å². The fourth-order valence-corrected chi connectivity index (χ4v) is 2.70. The molecule has 110 valence electrons. The third-order valence-corrected chi connectivity index (χ3v) is 4.28. The molecular formula is C17H17BrClNO. The van der Waals surface area contributed by atoms with Crippen LogP contribution >= 0.6 is 27.5 Å². The highest BCUT2D eigenvalue weighted by molar-refractivity contribution is 9.10. The van der Waals surface area contributed by atoms with Gasteiger partial charge in [-0.05, 0) is 55.7 Å². The summed E-state index contributed by atoms with van der Waals surface area (Å²) >= 11 is 9.59. The van der Waals surface area contributed by atoms with Crippen LogP contribution in [0.25, 0.3) is 0 Å². The van der Waals surface area contributed by atoms with E-state index in [9.17, 15) is 0 Å². The number of aryl methyl sites for hydroxylation is 1. The summed E-state index contributed by atoms with van der Waals surface area (Å²) in [7, 11) is 0. The van der Waals surface area contributed by atoms with Crippen LogP contribution in [-0.4, -0.2) is 6.04 Å². The van der Waals surface area contributed by atoms with Gasteiger partial charge in [0.1, 0.15) is 11.5 Å². The zero-order valence-corrected chi connectivity index (χ0v) is 14.2. The summed E-state index contributed by atoms with van der Waals surface area (Å²) in [6, 6.07) is 12.5. The molecule has 0 atom stereocenters. The summed E-state index contributed by atoms with van der Waals surface area (Å²) in [5.74, 6) is 1.68. The molecule has 1 N–H and O–H groups in total. The molecule has 0 radical (unpaired) electrons. The van der Waals surface area contributed by atoms with Gasteiger partial charge in [-0.25, -0.2) is 0 Å². The molecule has 1 aliphatic carbocycles. The predicted molar refractivity (Wildman–Crippen MR) is 90.3 cm³/mol. The van der Waals surface area contributed by atoms with Crippen LogP contribution in [0.3, 0.4) is 0 Å². The molecule has 0 amide bonds. The fraction of sp³-hybridized carbons (Fsp3) is 0.294. The van der Waals surface area contributed by atoms with Gasteiger partial charge >= 0.3 is 0 Å². The molecule has 0 bridgehead atoms. The van der Waals surface area contributed by atoms with Gasteiger partial charge in [0.25, 0.3) is 0 Å². The van der Waals surface area contributed by atoms with E-state index >= 15 is 0 Å². The smallest absolute Gasteiger partial charge is 0.132 e. The lowest BCUT2D eigenvalue weighted by molar-refractivity contribution is 0.469. The Morgan fingerprint density at radius 3 is 2.76 bits per heavy atom. The molecule has 0 heterocycles. The van der Waals surface area contributed by atoms with Crippen molar-refractivity contribution in [3.05, 3.63) is 57.0 Å². The first-order chi connectivity index (χ1) is 10.1. The van der Waals surface area contributed by atoms with E-state index in [0.29, 0.717) is 11.1 Å². The molecule has 0 spiro atoms. The van der Waals surface area contributed by atoms with Crippen molar-refractivity contribution in [1.82, 2.24) is 5.32 Å². The van der Waals surface area contributed by atoms with Crippen LogP contribution < -0.4 is 10.1 Å². The van der Waals surface area contributed by atoms with E-state index in [1.54, 1.807) is 0 Å². The van der Waals surface area contributed by atoms with Crippen LogP contribution in [0.1, 0.15) is 24.0 Å². The second-order valence-electron chi connectivity index (χ2n) is 5.42. The maximum absolute atomic E-state index is 6.08. The minimum Gasteiger partial charge on any atom is -0.457 e. The Kier molecular flexibility index (Phi) is 4.53. The molecule has 21 heavy (non-hydrogen) atoms. The zero-order valence-electron chi connectivity index (χ0n) is 11.8. The van der Waals surface area contributed by atoms with E-state index in [1.165, 1.54) is 12.8 Å². The first-order valence-electron chi connectivity index (χ1n) is 7.07. The Morgan fingerprint density at radius 2 is 2.00 bits per heavy atom. The van der Waals surface area contributed by atoms with Crippen LogP contribution in [0.2, 0.25) is 5.02 Å². The van der Waals surface area contributed by atoms with Gasteiger partial charge in [-0.3, -0.25) is 0 Å². The molecule has 0 unspecified atom stereocenters. The van der Waals surface area contributed by atoms with E-state index in [-0.39, 0.29) is 0 Å². The molecule has 0 aliphatic heterocycles. The van der Waals surface area contributed by atoms with Crippen LogP contribution in [0.4, 0.5) is 0 Å². The molecule has 2 aromatic carbocycles. The van der Waals surface area contributed by atoms with Gasteiger partial charge < -0.3 is 10.1 Å². The highest BCUT2D eigenvalue weighted by atomic mass is 79.9. The monoisotopic (exact) mass is 365 g/mol. The summed E-state index contributed by atoms with van der Waals surface area (Å²) in [6.45, 7) is 2.84. The van der Waals surface area contributed by atoms with Crippen LogP contribution in [-0.2, 0) is 6.54 Å². The number of rotatable bonds is 5. The van der Waals surface area contributed by atoms with Gasteiger partial charge in [-0.1, -0.05) is 33.6 Å². The molecule has 1 fully saturated rings. The van der Waals surface area contributed by atoms with E-state index in [2.05, 4.69) is 27.3 Å². The van der Waals surface area contributed by atoms with Gasteiger partial charge in [-0.2, -0.15) is 0 Å². The SMILES string of the molecule is Cc1ccc(Cl)cc1Oc1ccc(Br)cc1CNC1CC1. The Balaban J connectivity index is 1.84. The molecule has 0 aromatic heterocycles. The third-order valence-electron chi connectivity index (χ3n) is 3.55. The summed E-state index contributed by atoms with van der Waals surface area (Å²) in [4.78, 5) is 0. The molecule has 4 heteroatoms. The maximum Gasteiger partial charge on any atom is 0.132 e. The first-order valence-corrected chi connectivity index (χ1v) is 8.25. The number of ether oxygens (including phenoxy) is 1. The Labute approximate surface area is 138 Å². The van der Waals surface area contributed by atoms with Crippen molar-refractivity contribution >= 4 is 27.5 Å². The Hall–Kier alpha value is -1.03. The van der Waals surface area contributed by atoms with Crippen LogP contribution in [0.15, 0.2) is 40.9 Å². The van der Waals surface area contributed by atoms with E-state index in [4.69, 9.17) is 16.3 Å². The molecule has 0 saturated heterocycles. The standard InChI is InChI=1S/C17H17BrClNO/c1-11-2-4-14(19)9-17(11)21-16-7-3-13(18)8-12(16)10-20-15-5-6-15/h2-4,7-9,15,20H,5-6,10H2,1H3. The zero-order chi connectivity index (χ0) is 14.8. The van der Waals surface area contributed by atoms with E-state index in [1.807, 2.05) is 37.3 Å². The molecule has 2 aromatic rings. The van der Waals surface area contributed by atoms with Crippen molar-refractivity contribution in [3.8, 4) is 11.5 Å². The first kappa shape index (κ1) is 14.9. The van der Waals surface area contributed by atoms with Gasteiger partial charge in [0, 0.05) is 27.6 Å². The third kappa shape index (κ3) is 4.00. The topological polar surface area (TPSA) is 21.3 Å². The van der Waals surface area contributed by atoms with Gasteiger partial charge in [-0.15, -0.1) is 0 Å². The van der Waals surface area contributed by atoms with Gasteiger partial charge in [0.15, 0.2) is 0 Å². The lowest BCUT2D eigenvalue weighted by Crippen LogP contribution is -2.15. The average Bonchev–Trinajstić information content (AvgIpc) is 3.27. The molecule has 1 saturated carbocycles. The number of benzene rings is 2. The normalized spacial score (nSPS) is 14.2. The highest BCUT2D eigenvalue weighted by Gasteiger charge is 2.20.